The first-order valence-electron chi connectivity index (χ1n) is 4.93. The molecule has 0 spiro atoms. The Hall–Kier alpha value is -0.710. The summed E-state index contributed by atoms with van der Waals surface area (Å²) in [6, 6.07) is 8.62. The van der Waals surface area contributed by atoms with Crippen LogP contribution >= 0.6 is 24.0 Å². The van der Waals surface area contributed by atoms with Crippen molar-refractivity contribution in [1.29, 1.82) is 5.26 Å². The van der Waals surface area contributed by atoms with Crippen LogP contribution in [0, 0.1) is 11.3 Å². The molecule has 0 unspecified atom stereocenters. The molecule has 0 fully saturated rings. The van der Waals surface area contributed by atoms with Gasteiger partial charge in [0.2, 0.25) is 0 Å². The molecule has 0 aromatic heterocycles. The summed E-state index contributed by atoms with van der Waals surface area (Å²) in [5.41, 5.74) is 0.533. The number of ether oxygens (including phenoxy) is 1. The minimum Gasteiger partial charge on any atom is -0.859 e. The monoisotopic (exact) mass is 302 g/mol. The number of hydrogen-bond acceptors (Lipinski definition) is 6. The van der Waals surface area contributed by atoms with Crippen LogP contribution in [-0.4, -0.2) is 17.6 Å². The van der Waals surface area contributed by atoms with Gasteiger partial charge in [-0.15, -0.1) is 11.8 Å². The van der Waals surface area contributed by atoms with Gasteiger partial charge in [-0.3, -0.25) is 0 Å². The van der Waals surface area contributed by atoms with Crippen LogP contribution in [0.25, 0.3) is 0 Å². The average Bonchev–Trinajstić information content (AvgIpc) is 2.40. The van der Waals surface area contributed by atoms with E-state index in [0.717, 1.165) is 0 Å². The van der Waals surface area contributed by atoms with Gasteiger partial charge in [0.05, 0.1) is 16.9 Å². The second-order valence-corrected chi connectivity index (χ2v) is 4.64. The third-order valence-electron chi connectivity index (χ3n) is 2.08. The normalized spacial score (nSPS) is 10.6. The Balaban J connectivity index is 0.00000324. The predicted octanol–water partition coefficient (Wildman–Crippen LogP) is -1.10. The molecule has 94 valence electrons. The van der Waals surface area contributed by atoms with E-state index >= 15 is 0 Å². The third kappa shape index (κ3) is 5.43. The molecule has 0 aliphatic rings. The molecule has 1 aromatic carbocycles. The summed E-state index contributed by atoms with van der Waals surface area (Å²) in [5, 5.41) is 23.3. The van der Waals surface area contributed by atoms with Crippen LogP contribution in [0.4, 0.5) is 5.69 Å². The molecule has 4 nitrogen and oxygen atoms in total. The molecule has 1 N–H and O–H groups in total. The van der Waals surface area contributed by atoms with E-state index in [2.05, 4.69) is 5.32 Å². The van der Waals surface area contributed by atoms with Crippen molar-refractivity contribution in [3.8, 4) is 11.8 Å². The van der Waals surface area contributed by atoms with Crippen LogP contribution < -0.4 is 44.7 Å². The average molecular weight is 302 g/mol. The van der Waals surface area contributed by atoms with Gasteiger partial charge in [-0.1, -0.05) is 12.2 Å². The number of thioether (sulfide) groups is 1. The molecule has 1 aromatic rings. The summed E-state index contributed by atoms with van der Waals surface area (Å²) < 4.78 is 5.29. The fraction of sp³-hybridized carbons (Fsp3) is 0.167. The first kappa shape index (κ1) is 18.3. The Morgan fingerprint density at radius 2 is 2.00 bits per heavy atom. The molecule has 7 heteroatoms. The summed E-state index contributed by atoms with van der Waals surface area (Å²) in [5.74, 6) is 0.194. The van der Waals surface area contributed by atoms with Gasteiger partial charge in [0.1, 0.15) is 11.8 Å². The van der Waals surface area contributed by atoms with Crippen molar-refractivity contribution in [2.24, 2.45) is 0 Å². The number of methoxy groups -OCH3 is 1. The quantitative estimate of drug-likeness (QED) is 0.250. The van der Waals surface area contributed by atoms with E-state index in [0.29, 0.717) is 11.4 Å². The fourth-order valence-electron chi connectivity index (χ4n) is 1.16. The van der Waals surface area contributed by atoms with E-state index in [-0.39, 0.29) is 39.3 Å². The van der Waals surface area contributed by atoms with Crippen LogP contribution in [0.1, 0.15) is 0 Å². The van der Waals surface area contributed by atoms with Crippen molar-refractivity contribution in [2.45, 2.75) is 0 Å². The fourth-order valence-corrected chi connectivity index (χ4v) is 1.64. The van der Waals surface area contributed by atoms with Gasteiger partial charge in [-0.25, -0.2) is 0 Å². The van der Waals surface area contributed by atoms with Gasteiger partial charge < -0.3 is 15.2 Å². The Morgan fingerprint density at radius 1 is 1.42 bits per heavy atom. The van der Waals surface area contributed by atoms with E-state index in [1.165, 1.54) is 11.8 Å². The number of anilines is 1. The van der Waals surface area contributed by atoms with Crippen molar-refractivity contribution >= 4 is 33.9 Å². The number of nitrogens with zero attached hydrogens (tertiary/aromatic N) is 1. The number of nitriles is 1. The van der Waals surface area contributed by atoms with Gasteiger partial charge in [0.25, 0.3) is 0 Å². The molecular weight excluding hydrogens is 291 g/mol. The molecule has 0 atom stereocenters. The number of nitrogens with one attached hydrogen (secondary N) is 1. The topological polar surface area (TPSA) is 68.1 Å². The molecule has 0 saturated carbocycles. The zero-order valence-electron chi connectivity index (χ0n) is 10.9. The number of hydrogen-bond donors (Lipinski definition) is 1. The minimum atomic E-state index is -0.498. The number of rotatable bonds is 4. The van der Waals surface area contributed by atoms with E-state index < -0.39 is 5.88 Å². The van der Waals surface area contributed by atoms with Crippen molar-refractivity contribution in [1.82, 2.24) is 0 Å². The second kappa shape index (κ2) is 9.23. The molecule has 0 heterocycles. The van der Waals surface area contributed by atoms with Gasteiger partial charge in [-0.2, -0.15) is 5.26 Å². The molecule has 19 heavy (non-hydrogen) atoms. The van der Waals surface area contributed by atoms with Crippen molar-refractivity contribution < 1.29 is 39.4 Å². The molecule has 0 saturated heterocycles. The molecule has 0 bridgehead atoms. The zero-order valence-corrected chi connectivity index (χ0v) is 14.5. The molecular formula is C12H11N2NaO2S2. The van der Waals surface area contributed by atoms with E-state index in [1.807, 2.05) is 6.07 Å². The zero-order chi connectivity index (χ0) is 13.5. The summed E-state index contributed by atoms with van der Waals surface area (Å²) in [6.07, 6.45) is 1.72. The summed E-state index contributed by atoms with van der Waals surface area (Å²) in [6.45, 7) is 0. The third-order valence-corrected chi connectivity index (χ3v) is 3.36. The first-order chi connectivity index (χ1) is 8.62. The Morgan fingerprint density at radius 3 is 2.42 bits per heavy atom. The molecule has 0 amide bonds. The molecule has 0 aliphatic heterocycles. The van der Waals surface area contributed by atoms with E-state index in [9.17, 15) is 5.11 Å². The summed E-state index contributed by atoms with van der Waals surface area (Å²) in [7, 11) is 1.56. The number of benzene rings is 1. The largest absolute Gasteiger partial charge is 1.00 e. The Bertz CT molecular complexity index is 509. The smallest absolute Gasteiger partial charge is 0.859 e. The van der Waals surface area contributed by atoms with Crippen LogP contribution in [0.5, 0.6) is 5.75 Å². The van der Waals surface area contributed by atoms with Gasteiger partial charge in [0.15, 0.2) is 0 Å². The summed E-state index contributed by atoms with van der Waals surface area (Å²) >= 11 is 6.12. The SMILES string of the molecule is COc1ccc(N/C([O-])=C(\C#N)C(=S)SC)cc1.[Na+]. The maximum atomic E-state index is 11.8. The molecule has 0 radical (unpaired) electrons. The maximum absolute atomic E-state index is 11.8. The van der Waals surface area contributed by atoms with Gasteiger partial charge in [0, 0.05) is 5.69 Å². The van der Waals surface area contributed by atoms with Crippen molar-refractivity contribution in [3.63, 3.8) is 0 Å². The standard InChI is InChI=1S/C12H12N2O2S2.Na/c1-16-9-5-3-8(4-6-9)14-11(15)10(7-13)12(17)18-2;/h3-6,14-15H,1-2H3;/q;+1/p-1/b11-10-;. The van der Waals surface area contributed by atoms with E-state index in [4.69, 9.17) is 22.2 Å². The Kier molecular flexibility index (Phi) is 8.89. The van der Waals surface area contributed by atoms with Crippen LogP contribution in [-0.2, 0) is 0 Å². The second-order valence-electron chi connectivity index (χ2n) is 3.16. The van der Waals surface area contributed by atoms with Gasteiger partial charge in [-0.05, 0) is 36.4 Å². The first-order valence-corrected chi connectivity index (χ1v) is 6.56. The van der Waals surface area contributed by atoms with E-state index in [1.54, 1.807) is 37.6 Å². The van der Waals surface area contributed by atoms with Crippen molar-refractivity contribution in [2.75, 3.05) is 18.7 Å². The van der Waals surface area contributed by atoms with Gasteiger partial charge >= 0.3 is 29.6 Å². The summed E-state index contributed by atoms with van der Waals surface area (Å²) in [4.78, 5) is 0. The molecule has 0 aliphatic carbocycles. The minimum absolute atomic E-state index is 0. The van der Waals surface area contributed by atoms with Crippen LogP contribution in [0.3, 0.4) is 0 Å². The van der Waals surface area contributed by atoms with Crippen LogP contribution in [0.15, 0.2) is 35.7 Å². The number of thiocarbonyl (C=S) groups is 1. The van der Waals surface area contributed by atoms with Crippen molar-refractivity contribution in [3.05, 3.63) is 35.7 Å². The Labute approximate surface area is 144 Å². The maximum Gasteiger partial charge on any atom is 1.00 e. The predicted molar refractivity (Wildman–Crippen MR) is 75.4 cm³/mol. The van der Waals surface area contributed by atoms with Crippen LogP contribution in [0.2, 0.25) is 0 Å². The molecule has 1 rings (SSSR count).